The average Bonchev–Trinajstić information content (AvgIpc) is 2.89. The minimum atomic E-state index is -0.117. The number of carbonyl (C=O) groups excluding carboxylic acids is 2. The molecule has 1 aliphatic heterocycles. The van der Waals surface area contributed by atoms with Gasteiger partial charge in [0.15, 0.2) is 0 Å². The highest BCUT2D eigenvalue weighted by Gasteiger charge is 2.27. The van der Waals surface area contributed by atoms with Crippen LogP contribution in [-0.4, -0.2) is 36.3 Å². The number of anilines is 2. The first-order valence-electron chi connectivity index (χ1n) is 11.2. The van der Waals surface area contributed by atoms with Crippen LogP contribution in [-0.2, 0) is 17.6 Å². The fourth-order valence-electron chi connectivity index (χ4n) is 4.46. The van der Waals surface area contributed by atoms with Gasteiger partial charge in [-0.1, -0.05) is 31.0 Å². The first kappa shape index (κ1) is 21.1. The second-order valence-electron chi connectivity index (χ2n) is 8.42. The summed E-state index contributed by atoms with van der Waals surface area (Å²) >= 11 is 1.59. The molecule has 0 spiro atoms. The van der Waals surface area contributed by atoms with Gasteiger partial charge in [0.25, 0.3) is 5.91 Å². The monoisotopic (exact) mass is 425 g/mol. The lowest BCUT2D eigenvalue weighted by molar-refractivity contribution is -0.117. The van der Waals surface area contributed by atoms with Crippen LogP contribution in [0.15, 0.2) is 24.3 Å². The molecule has 0 saturated carbocycles. The smallest absolute Gasteiger partial charge is 0.258 e. The molecule has 6 heteroatoms. The highest BCUT2D eigenvalue weighted by molar-refractivity contribution is 7.17. The summed E-state index contributed by atoms with van der Waals surface area (Å²) in [5.74, 6) is -0.130. The highest BCUT2D eigenvalue weighted by Crippen LogP contribution is 2.38. The van der Waals surface area contributed by atoms with Crippen molar-refractivity contribution in [2.45, 2.75) is 58.3 Å². The van der Waals surface area contributed by atoms with Gasteiger partial charge in [0.05, 0.1) is 12.1 Å². The zero-order valence-corrected chi connectivity index (χ0v) is 18.6. The lowest BCUT2D eigenvalue weighted by atomic mass is 9.95. The van der Waals surface area contributed by atoms with E-state index >= 15 is 0 Å². The Hall–Kier alpha value is -2.18. The van der Waals surface area contributed by atoms with Gasteiger partial charge in [0.1, 0.15) is 5.00 Å². The van der Waals surface area contributed by atoms with Crippen LogP contribution in [0.25, 0.3) is 0 Å². The van der Waals surface area contributed by atoms with Gasteiger partial charge in [-0.3, -0.25) is 14.5 Å². The van der Waals surface area contributed by atoms with Gasteiger partial charge in [0, 0.05) is 10.6 Å². The van der Waals surface area contributed by atoms with E-state index in [0.29, 0.717) is 17.1 Å². The number of likely N-dealkylation sites (tertiary alicyclic amines) is 1. The number of thiophene rings is 1. The zero-order valence-electron chi connectivity index (χ0n) is 17.8. The number of para-hydroxylation sites is 1. The topological polar surface area (TPSA) is 61.4 Å². The SMILES string of the molecule is Cc1ccccc1NC(=O)c1c(NC(=O)CN2CCCCCC2)sc2c1CCCC2. The Kier molecular flexibility index (Phi) is 6.85. The van der Waals surface area contributed by atoms with Crippen molar-refractivity contribution in [1.29, 1.82) is 0 Å². The summed E-state index contributed by atoms with van der Waals surface area (Å²) in [7, 11) is 0. The number of benzene rings is 1. The van der Waals surface area contributed by atoms with E-state index in [1.54, 1.807) is 11.3 Å². The molecule has 2 aromatic rings. The number of nitrogens with zero attached hydrogens (tertiary/aromatic N) is 1. The van der Waals surface area contributed by atoms with Crippen LogP contribution < -0.4 is 10.6 Å². The molecule has 160 valence electrons. The molecular weight excluding hydrogens is 394 g/mol. The summed E-state index contributed by atoms with van der Waals surface area (Å²) in [5.41, 5.74) is 3.64. The Morgan fingerprint density at radius 2 is 1.70 bits per heavy atom. The number of nitrogens with one attached hydrogen (secondary N) is 2. The molecule has 1 saturated heterocycles. The van der Waals surface area contributed by atoms with Crippen LogP contribution in [0.4, 0.5) is 10.7 Å². The number of hydrogen-bond donors (Lipinski definition) is 2. The Morgan fingerprint density at radius 1 is 0.967 bits per heavy atom. The van der Waals surface area contributed by atoms with Crippen molar-refractivity contribution in [3.63, 3.8) is 0 Å². The maximum Gasteiger partial charge on any atom is 0.258 e. The fourth-order valence-corrected chi connectivity index (χ4v) is 5.76. The van der Waals surface area contributed by atoms with Crippen molar-refractivity contribution in [2.24, 2.45) is 0 Å². The fraction of sp³-hybridized carbons (Fsp3) is 0.500. The summed E-state index contributed by atoms with van der Waals surface area (Å²) in [6.07, 6.45) is 8.95. The van der Waals surface area contributed by atoms with Crippen LogP contribution in [0, 0.1) is 6.92 Å². The van der Waals surface area contributed by atoms with Crippen molar-refractivity contribution in [3.05, 3.63) is 45.8 Å². The van der Waals surface area contributed by atoms with E-state index in [2.05, 4.69) is 15.5 Å². The quantitative estimate of drug-likeness (QED) is 0.708. The molecule has 0 unspecified atom stereocenters. The third kappa shape index (κ3) is 4.93. The van der Waals surface area contributed by atoms with Gasteiger partial charge in [-0.2, -0.15) is 0 Å². The maximum atomic E-state index is 13.3. The third-order valence-corrected chi connectivity index (χ3v) is 7.32. The minimum Gasteiger partial charge on any atom is -0.322 e. The van der Waals surface area contributed by atoms with Crippen molar-refractivity contribution in [3.8, 4) is 0 Å². The van der Waals surface area contributed by atoms with Crippen LogP contribution in [0.2, 0.25) is 0 Å². The molecule has 1 fully saturated rings. The molecule has 0 atom stereocenters. The number of fused-ring (bicyclic) bond motifs is 1. The molecular formula is C24H31N3O2S. The predicted octanol–water partition coefficient (Wildman–Crippen LogP) is 5.00. The summed E-state index contributed by atoms with van der Waals surface area (Å²) in [6, 6.07) is 7.80. The molecule has 2 amide bonds. The van der Waals surface area contributed by atoms with E-state index in [4.69, 9.17) is 0 Å². The molecule has 2 heterocycles. The largest absolute Gasteiger partial charge is 0.322 e. The van der Waals surface area contributed by atoms with E-state index in [0.717, 1.165) is 68.4 Å². The molecule has 1 aliphatic carbocycles. The van der Waals surface area contributed by atoms with Crippen molar-refractivity contribution in [1.82, 2.24) is 4.90 Å². The normalized spacial score (nSPS) is 17.1. The summed E-state index contributed by atoms with van der Waals surface area (Å²) in [6.45, 7) is 4.36. The first-order chi connectivity index (χ1) is 14.6. The van der Waals surface area contributed by atoms with Gasteiger partial charge in [-0.25, -0.2) is 0 Å². The van der Waals surface area contributed by atoms with Crippen LogP contribution >= 0.6 is 11.3 Å². The maximum absolute atomic E-state index is 13.3. The second-order valence-corrected chi connectivity index (χ2v) is 9.53. The summed E-state index contributed by atoms with van der Waals surface area (Å²) in [5, 5.41) is 6.88. The first-order valence-corrected chi connectivity index (χ1v) is 12.0. The van der Waals surface area contributed by atoms with E-state index in [9.17, 15) is 9.59 Å². The zero-order chi connectivity index (χ0) is 20.9. The lowest BCUT2D eigenvalue weighted by Gasteiger charge is -2.19. The lowest BCUT2D eigenvalue weighted by Crippen LogP contribution is -2.34. The average molecular weight is 426 g/mol. The van der Waals surface area contributed by atoms with Crippen LogP contribution in [0.5, 0.6) is 0 Å². The van der Waals surface area contributed by atoms with E-state index in [1.807, 2.05) is 31.2 Å². The predicted molar refractivity (Wildman–Crippen MR) is 124 cm³/mol. The van der Waals surface area contributed by atoms with Crippen molar-refractivity contribution in [2.75, 3.05) is 30.3 Å². The number of aryl methyl sites for hydroxylation is 2. The Bertz CT molecular complexity index is 913. The molecule has 0 bridgehead atoms. The Balaban J connectivity index is 1.53. The molecule has 1 aromatic heterocycles. The van der Waals surface area contributed by atoms with E-state index in [-0.39, 0.29) is 11.8 Å². The highest BCUT2D eigenvalue weighted by atomic mass is 32.1. The van der Waals surface area contributed by atoms with Gasteiger partial charge in [-0.05, 0) is 75.7 Å². The Labute approximate surface area is 182 Å². The number of amides is 2. The molecule has 0 radical (unpaired) electrons. The van der Waals surface area contributed by atoms with Gasteiger partial charge in [0.2, 0.25) is 5.91 Å². The molecule has 1 aromatic carbocycles. The van der Waals surface area contributed by atoms with Crippen molar-refractivity contribution >= 4 is 33.8 Å². The number of carbonyl (C=O) groups is 2. The molecule has 5 nitrogen and oxygen atoms in total. The number of hydrogen-bond acceptors (Lipinski definition) is 4. The molecule has 2 N–H and O–H groups in total. The minimum absolute atomic E-state index is 0.0135. The molecule has 2 aliphatic rings. The van der Waals surface area contributed by atoms with Gasteiger partial charge < -0.3 is 10.6 Å². The summed E-state index contributed by atoms with van der Waals surface area (Å²) < 4.78 is 0. The Morgan fingerprint density at radius 3 is 2.47 bits per heavy atom. The summed E-state index contributed by atoms with van der Waals surface area (Å²) in [4.78, 5) is 29.6. The standard InChI is InChI=1S/C24H31N3O2S/c1-17-10-4-6-12-19(17)25-23(29)22-18-11-5-7-13-20(18)30-24(22)26-21(28)16-27-14-8-2-3-9-15-27/h4,6,10,12H,2-3,5,7-9,11,13-16H2,1H3,(H,25,29)(H,26,28). The van der Waals surface area contributed by atoms with Crippen LogP contribution in [0.3, 0.4) is 0 Å². The van der Waals surface area contributed by atoms with Gasteiger partial charge in [-0.15, -0.1) is 11.3 Å². The second kappa shape index (κ2) is 9.75. The van der Waals surface area contributed by atoms with E-state index in [1.165, 1.54) is 17.7 Å². The third-order valence-electron chi connectivity index (χ3n) is 6.11. The van der Waals surface area contributed by atoms with Crippen molar-refractivity contribution < 1.29 is 9.59 Å². The van der Waals surface area contributed by atoms with Crippen LogP contribution in [0.1, 0.15) is 64.9 Å². The van der Waals surface area contributed by atoms with E-state index < -0.39 is 0 Å². The molecule has 30 heavy (non-hydrogen) atoms. The number of rotatable bonds is 5. The molecule has 4 rings (SSSR count). The van der Waals surface area contributed by atoms with Gasteiger partial charge >= 0.3 is 0 Å².